The van der Waals surface area contributed by atoms with Crippen LogP contribution in [-0.4, -0.2) is 114 Å². The topological polar surface area (TPSA) is 148 Å². The molecule has 0 radical (unpaired) electrons. The molecule has 0 aliphatic rings. The van der Waals surface area contributed by atoms with Crippen molar-refractivity contribution in [1.29, 1.82) is 0 Å². The number of carbonyl (C=O) groups is 3. The fourth-order valence-corrected chi connectivity index (χ4v) is 1.95. The Hall–Kier alpha value is -1.83. The van der Waals surface area contributed by atoms with Crippen LogP contribution < -0.4 is 5.32 Å². The van der Waals surface area contributed by atoms with Crippen LogP contribution >= 0.6 is 0 Å². The van der Waals surface area contributed by atoms with Gasteiger partial charge in [-0.25, -0.2) is 9.59 Å². The van der Waals surface area contributed by atoms with Gasteiger partial charge in [0.15, 0.2) is 0 Å². The van der Waals surface area contributed by atoms with Gasteiger partial charge in [-0.05, 0) is 20.8 Å². The Morgan fingerprint density at radius 1 is 0.656 bits per heavy atom. The molecule has 0 unspecified atom stereocenters. The van der Waals surface area contributed by atoms with E-state index in [0.717, 1.165) is 0 Å². The third kappa shape index (κ3) is 24.4. The number of hydrogen-bond donors (Lipinski definition) is 2. The Kier molecular flexibility index (Phi) is 18.7. The van der Waals surface area contributed by atoms with E-state index >= 15 is 0 Å². The predicted molar refractivity (Wildman–Crippen MR) is 111 cm³/mol. The van der Waals surface area contributed by atoms with E-state index in [0.29, 0.717) is 66.0 Å². The molecule has 0 aromatic rings. The quantitative estimate of drug-likeness (QED) is 0.168. The van der Waals surface area contributed by atoms with E-state index in [1.807, 2.05) is 0 Å². The molecule has 0 aliphatic heterocycles. The summed E-state index contributed by atoms with van der Waals surface area (Å²) in [5, 5.41) is 10.9. The van der Waals surface area contributed by atoms with E-state index in [-0.39, 0.29) is 13.2 Å². The standard InChI is InChI=1S/C20H37NO11/c1-20(2,3)32-19(25)16-30-13-12-29-11-10-28-9-8-27-7-6-26-5-4-21-17(22)14-31-15-18(23)24/h4-16H2,1-3H3,(H,21,22)(H,23,24). The largest absolute Gasteiger partial charge is 0.480 e. The van der Waals surface area contributed by atoms with Gasteiger partial charge in [0.1, 0.15) is 25.4 Å². The number of nitrogens with one attached hydrogen (secondary N) is 1. The Morgan fingerprint density at radius 2 is 1.12 bits per heavy atom. The summed E-state index contributed by atoms with van der Waals surface area (Å²) in [5.41, 5.74) is -0.521. The predicted octanol–water partition coefficient (Wildman–Crippen LogP) is -0.371. The van der Waals surface area contributed by atoms with Crippen molar-refractivity contribution in [1.82, 2.24) is 5.32 Å². The van der Waals surface area contributed by atoms with Crippen molar-refractivity contribution in [3.63, 3.8) is 0 Å². The van der Waals surface area contributed by atoms with E-state index < -0.39 is 30.1 Å². The molecule has 0 saturated carbocycles. The van der Waals surface area contributed by atoms with E-state index in [4.69, 9.17) is 33.5 Å². The number of carboxylic acids is 1. The minimum Gasteiger partial charge on any atom is -0.480 e. The molecule has 1 amide bonds. The summed E-state index contributed by atoms with van der Waals surface area (Å²) < 4.78 is 36.2. The summed E-state index contributed by atoms with van der Waals surface area (Å²) in [6.45, 7) is 8.16. The van der Waals surface area contributed by atoms with Crippen LogP contribution in [0.4, 0.5) is 0 Å². The van der Waals surface area contributed by atoms with Gasteiger partial charge in [0.05, 0.1) is 59.5 Å². The van der Waals surface area contributed by atoms with Crippen molar-refractivity contribution in [2.45, 2.75) is 26.4 Å². The molecule has 0 fully saturated rings. The number of rotatable bonds is 21. The van der Waals surface area contributed by atoms with Crippen molar-refractivity contribution in [2.75, 3.05) is 85.8 Å². The molecular formula is C20H37NO11. The van der Waals surface area contributed by atoms with Crippen LogP contribution in [0.3, 0.4) is 0 Å². The minimum atomic E-state index is -1.13. The highest BCUT2D eigenvalue weighted by molar-refractivity contribution is 5.77. The highest BCUT2D eigenvalue weighted by atomic mass is 16.6. The first-order chi connectivity index (χ1) is 15.2. The maximum Gasteiger partial charge on any atom is 0.332 e. The average molecular weight is 468 g/mol. The maximum atomic E-state index is 11.4. The zero-order chi connectivity index (χ0) is 24.1. The van der Waals surface area contributed by atoms with Gasteiger partial charge in [-0.2, -0.15) is 0 Å². The molecule has 2 N–H and O–H groups in total. The number of amides is 1. The first-order valence-corrected chi connectivity index (χ1v) is 10.4. The summed E-state index contributed by atoms with van der Waals surface area (Å²) in [4.78, 5) is 32.9. The lowest BCUT2D eigenvalue weighted by atomic mass is 10.2. The normalized spacial score (nSPS) is 11.3. The molecule has 0 atom stereocenters. The molecule has 0 aromatic carbocycles. The van der Waals surface area contributed by atoms with Crippen molar-refractivity contribution >= 4 is 17.8 Å². The summed E-state index contributed by atoms with van der Waals surface area (Å²) in [6, 6.07) is 0. The van der Waals surface area contributed by atoms with Crippen molar-refractivity contribution in [3.8, 4) is 0 Å². The highest BCUT2D eigenvalue weighted by Crippen LogP contribution is 2.06. The summed E-state index contributed by atoms with van der Waals surface area (Å²) >= 11 is 0. The van der Waals surface area contributed by atoms with Crippen LogP contribution in [0.25, 0.3) is 0 Å². The van der Waals surface area contributed by atoms with E-state index in [1.165, 1.54) is 0 Å². The molecular weight excluding hydrogens is 430 g/mol. The van der Waals surface area contributed by atoms with E-state index in [2.05, 4.69) is 10.1 Å². The average Bonchev–Trinajstić information content (AvgIpc) is 2.68. The molecule has 0 heterocycles. The Labute approximate surface area is 188 Å². The van der Waals surface area contributed by atoms with Crippen LogP contribution in [-0.2, 0) is 47.5 Å². The van der Waals surface area contributed by atoms with Gasteiger partial charge in [-0.15, -0.1) is 0 Å². The molecule has 32 heavy (non-hydrogen) atoms. The smallest absolute Gasteiger partial charge is 0.332 e. The van der Waals surface area contributed by atoms with Crippen molar-refractivity contribution in [2.24, 2.45) is 0 Å². The fourth-order valence-electron chi connectivity index (χ4n) is 1.95. The molecule has 0 aromatic heterocycles. The Morgan fingerprint density at radius 3 is 1.59 bits per heavy atom. The van der Waals surface area contributed by atoms with Crippen LogP contribution in [0.1, 0.15) is 20.8 Å². The van der Waals surface area contributed by atoms with Crippen LogP contribution in [0.5, 0.6) is 0 Å². The molecule has 0 spiro atoms. The summed E-state index contributed by atoms with van der Waals surface area (Å²) in [6.07, 6.45) is 0. The summed E-state index contributed by atoms with van der Waals surface area (Å²) in [7, 11) is 0. The second-order valence-electron chi connectivity index (χ2n) is 7.33. The van der Waals surface area contributed by atoms with Crippen LogP contribution in [0.2, 0.25) is 0 Å². The fraction of sp³-hybridized carbons (Fsp3) is 0.850. The Balaban J connectivity index is 3.21. The zero-order valence-corrected chi connectivity index (χ0v) is 19.2. The monoisotopic (exact) mass is 467 g/mol. The molecule has 12 nitrogen and oxygen atoms in total. The molecule has 0 aliphatic carbocycles. The molecule has 0 bridgehead atoms. The number of carboxylic acid groups (broad SMARTS) is 1. The minimum absolute atomic E-state index is 0.101. The first kappa shape index (κ1) is 30.2. The van der Waals surface area contributed by atoms with Crippen molar-refractivity contribution < 1.29 is 52.6 Å². The van der Waals surface area contributed by atoms with Gasteiger partial charge < -0.3 is 43.6 Å². The molecule has 0 saturated heterocycles. The van der Waals surface area contributed by atoms with Crippen molar-refractivity contribution in [3.05, 3.63) is 0 Å². The second-order valence-corrected chi connectivity index (χ2v) is 7.33. The van der Waals surface area contributed by atoms with E-state index in [9.17, 15) is 14.4 Å². The lowest BCUT2D eigenvalue weighted by Crippen LogP contribution is -2.31. The van der Waals surface area contributed by atoms with Gasteiger partial charge in [-0.1, -0.05) is 0 Å². The SMILES string of the molecule is CC(C)(C)OC(=O)COCCOCCOCCOCCOCCNC(=O)COCC(=O)O. The van der Waals surface area contributed by atoms with Gasteiger partial charge in [-0.3, -0.25) is 4.79 Å². The number of aliphatic carboxylic acids is 1. The highest BCUT2D eigenvalue weighted by Gasteiger charge is 2.15. The Bertz CT molecular complexity index is 508. The number of esters is 1. The first-order valence-electron chi connectivity index (χ1n) is 10.4. The number of ether oxygens (including phenoxy) is 7. The zero-order valence-electron chi connectivity index (χ0n) is 19.2. The molecule has 0 rings (SSSR count). The van der Waals surface area contributed by atoms with Gasteiger partial charge in [0, 0.05) is 6.54 Å². The lowest BCUT2D eigenvalue weighted by molar-refractivity contribution is -0.160. The second kappa shape index (κ2) is 19.8. The molecule has 188 valence electrons. The number of hydrogen-bond acceptors (Lipinski definition) is 10. The lowest BCUT2D eigenvalue weighted by Gasteiger charge is -2.19. The third-order valence-corrected chi connectivity index (χ3v) is 3.16. The summed E-state index contributed by atoms with van der Waals surface area (Å²) in [5.74, 6) is -1.93. The van der Waals surface area contributed by atoms with Crippen LogP contribution in [0, 0.1) is 0 Å². The van der Waals surface area contributed by atoms with Gasteiger partial charge >= 0.3 is 11.9 Å². The third-order valence-electron chi connectivity index (χ3n) is 3.16. The maximum absolute atomic E-state index is 11.4. The van der Waals surface area contributed by atoms with Gasteiger partial charge in [0.2, 0.25) is 5.91 Å². The molecule has 12 heteroatoms. The van der Waals surface area contributed by atoms with Gasteiger partial charge in [0.25, 0.3) is 0 Å². The van der Waals surface area contributed by atoms with Crippen LogP contribution in [0.15, 0.2) is 0 Å². The van der Waals surface area contributed by atoms with E-state index in [1.54, 1.807) is 20.8 Å². The number of carbonyl (C=O) groups excluding carboxylic acids is 2.